The average molecular weight is 357 g/mol. The van der Waals surface area contributed by atoms with Gasteiger partial charge in [-0.25, -0.2) is 0 Å². The van der Waals surface area contributed by atoms with Gasteiger partial charge in [0, 0.05) is 24.3 Å². The second-order valence-corrected chi connectivity index (χ2v) is 7.79. The van der Waals surface area contributed by atoms with Crippen molar-refractivity contribution in [1.82, 2.24) is 9.80 Å². The van der Waals surface area contributed by atoms with Crippen molar-refractivity contribution in [2.75, 3.05) is 38.0 Å². The molecule has 2 amide bonds. The number of piperidine rings is 1. The van der Waals surface area contributed by atoms with Gasteiger partial charge in [0.15, 0.2) is 0 Å². The molecule has 1 N–H and O–H groups in total. The van der Waals surface area contributed by atoms with Crippen molar-refractivity contribution in [1.29, 1.82) is 0 Å². The normalized spacial score (nSPS) is 19.8. The molecule has 0 aliphatic carbocycles. The van der Waals surface area contributed by atoms with Crippen LogP contribution in [0, 0.1) is 5.92 Å². The molecule has 0 aromatic heterocycles. The summed E-state index contributed by atoms with van der Waals surface area (Å²) in [6, 6.07) is 7.31. The Hall–Kier alpha value is -1.88. The Kier molecular flexibility index (Phi) is 6.67. The van der Waals surface area contributed by atoms with Crippen LogP contribution in [-0.2, 0) is 4.79 Å². The monoisotopic (exact) mass is 357 g/mol. The molecule has 0 bridgehead atoms. The first-order chi connectivity index (χ1) is 12.6. The van der Waals surface area contributed by atoms with Crippen molar-refractivity contribution < 1.29 is 9.59 Å². The molecule has 2 aliphatic heterocycles. The summed E-state index contributed by atoms with van der Waals surface area (Å²) in [4.78, 5) is 29.0. The number of likely N-dealkylation sites (tertiary alicyclic amines) is 2. The van der Waals surface area contributed by atoms with E-state index in [1.807, 2.05) is 29.2 Å². The lowest BCUT2D eigenvalue weighted by atomic mass is 9.98. The molecule has 2 saturated heterocycles. The lowest BCUT2D eigenvalue weighted by Gasteiger charge is -2.30. The smallest absolute Gasteiger partial charge is 0.253 e. The molecular formula is C21H31N3O2. The summed E-state index contributed by atoms with van der Waals surface area (Å²) < 4.78 is 0. The molecule has 142 valence electrons. The first-order valence-corrected chi connectivity index (χ1v) is 10.0. The Morgan fingerprint density at radius 2 is 1.58 bits per heavy atom. The van der Waals surface area contributed by atoms with E-state index in [4.69, 9.17) is 0 Å². The zero-order valence-electron chi connectivity index (χ0n) is 15.9. The Bertz CT molecular complexity index is 598. The van der Waals surface area contributed by atoms with E-state index in [1.165, 1.54) is 25.7 Å². The number of carbonyl (C=O) groups is 2. The van der Waals surface area contributed by atoms with E-state index in [2.05, 4.69) is 17.1 Å². The Morgan fingerprint density at radius 1 is 0.962 bits per heavy atom. The van der Waals surface area contributed by atoms with E-state index in [1.54, 1.807) is 0 Å². The van der Waals surface area contributed by atoms with Crippen LogP contribution in [0.4, 0.5) is 5.69 Å². The molecule has 0 saturated carbocycles. The minimum absolute atomic E-state index is 0.0241. The summed E-state index contributed by atoms with van der Waals surface area (Å²) in [5.41, 5.74) is 1.46. The maximum absolute atomic E-state index is 12.6. The van der Waals surface area contributed by atoms with Crippen LogP contribution in [0.5, 0.6) is 0 Å². The van der Waals surface area contributed by atoms with Gasteiger partial charge in [0.05, 0.1) is 6.54 Å². The second-order valence-electron chi connectivity index (χ2n) is 7.79. The molecule has 3 rings (SSSR count). The van der Waals surface area contributed by atoms with E-state index < -0.39 is 0 Å². The fraction of sp³-hybridized carbons (Fsp3) is 0.619. The van der Waals surface area contributed by atoms with Gasteiger partial charge in [-0.1, -0.05) is 19.8 Å². The van der Waals surface area contributed by atoms with Crippen LogP contribution in [-0.4, -0.2) is 54.3 Å². The molecule has 26 heavy (non-hydrogen) atoms. The molecule has 1 aromatic carbocycles. The Balaban J connectivity index is 1.50. The third kappa shape index (κ3) is 5.31. The van der Waals surface area contributed by atoms with E-state index in [9.17, 15) is 9.59 Å². The number of anilines is 1. The van der Waals surface area contributed by atoms with E-state index in [0.717, 1.165) is 44.7 Å². The number of nitrogens with zero attached hydrogens (tertiary/aromatic N) is 2. The highest BCUT2D eigenvalue weighted by Gasteiger charge is 2.21. The maximum Gasteiger partial charge on any atom is 0.253 e. The summed E-state index contributed by atoms with van der Waals surface area (Å²) in [6.07, 6.45) is 7.05. The van der Waals surface area contributed by atoms with Crippen LogP contribution in [0.25, 0.3) is 0 Å². The van der Waals surface area contributed by atoms with Gasteiger partial charge in [0.1, 0.15) is 0 Å². The lowest BCUT2D eigenvalue weighted by Crippen LogP contribution is -2.37. The quantitative estimate of drug-likeness (QED) is 0.899. The van der Waals surface area contributed by atoms with E-state index in [-0.39, 0.29) is 11.8 Å². The van der Waals surface area contributed by atoms with Gasteiger partial charge in [-0.3, -0.25) is 14.5 Å². The van der Waals surface area contributed by atoms with Crippen molar-refractivity contribution in [2.45, 2.75) is 45.4 Å². The highest BCUT2D eigenvalue weighted by molar-refractivity contribution is 5.96. The molecule has 0 spiro atoms. The Morgan fingerprint density at radius 3 is 2.19 bits per heavy atom. The van der Waals surface area contributed by atoms with Gasteiger partial charge >= 0.3 is 0 Å². The molecule has 2 aliphatic rings. The maximum atomic E-state index is 12.6. The van der Waals surface area contributed by atoms with Crippen molar-refractivity contribution in [3.63, 3.8) is 0 Å². The van der Waals surface area contributed by atoms with Crippen LogP contribution < -0.4 is 5.32 Å². The van der Waals surface area contributed by atoms with Gasteiger partial charge in [-0.05, 0) is 69.0 Å². The van der Waals surface area contributed by atoms with Gasteiger partial charge in [0.2, 0.25) is 5.91 Å². The van der Waals surface area contributed by atoms with Crippen molar-refractivity contribution >= 4 is 17.5 Å². The summed E-state index contributed by atoms with van der Waals surface area (Å²) in [6.45, 7) is 6.39. The predicted molar refractivity (Wildman–Crippen MR) is 104 cm³/mol. The third-order valence-electron chi connectivity index (χ3n) is 5.55. The standard InChI is InChI=1S/C21H31N3O2/c1-17-10-14-24(15-11-17)21(26)18-6-8-19(9-7-18)22-20(25)16-23-12-4-2-3-5-13-23/h6-9,17H,2-5,10-16H2,1H3,(H,22,25). The average Bonchev–Trinajstić information content (AvgIpc) is 2.91. The number of benzene rings is 1. The van der Waals surface area contributed by atoms with Crippen LogP contribution in [0.3, 0.4) is 0 Å². The lowest BCUT2D eigenvalue weighted by molar-refractivity contribution is -0.117. The van der Waals surface area contributed by atoms with E-state index >= 15 is 0 Å². The summed E-state index contributed by atoms with van der Waals surface area (Å²) in [5.74, 6) is 0.830. The van der Waals surface area contributed by atoms with Crippen molar-refractivity contribution in [2.24, 2.45) is 5.92 Å². The number of nitrogens with one attached hydrogen (secondary N) is 1. The second kappa shape index (κ2) is 9.17. The highest BCUT2D eigenvalue weighted by Crippen LogP contribution is 2.19. The fourth-order valence-corrected chi connectivity index (χ4v) is 3.79. The van der Waals surface area contributed by atoms with Crippen LogP contribution in [0.1, 0.15) is 55.8 Å². The van der Waals surface area contributed by atoms with Crippen LogP contribution >= 0.6 is 0 Å². The molecule has 2 fully saturated rings. The van der Waals surface area contributed by atoms with Gasteiger partial charge in [0.25, 0.3) is 5.91 Å². The zero-order valence-corrected chi connectivity index (χ0v) is 15.9. The minimum Gasteiger partial charge on any atom is -0.339 e. The number of carbonyl (C=O) groups excluding carboxylic acids is 2. The molecule has 1 aromatic rings. The minimum atomic E-state index is 0.0241. The Labute approximate surface area is 156 Å². The zero-order chi connectivity index (χ0) is 18.4. The van der Waals surface area contributed by atoms with Crippen LogP contribution in [0.15, 0.2) is 24.3 Å². The SMILES string of the molecule is CC1CCN(C(=O)c2ccc(NC(=O)CN3CCCCCC3)cc2)CC1. The van der Waals surface area contributed by atoms with Crippen molar-refractivity contribution in [3.8, 4) is 0 Å². The number of hydrogen-bond donors (Lipinski definition) is 1. The molecule has 5 heteroatoms. The fourth-order valence-electron chi connectivity index (χ4n) is 3.79. The molecule has 5 nitrogen and oxygen atoms in total. The summed E-state index contributed by atoms with van der Waals surface area (Å²) in [7, 11) is 0. The number of hydrogen-bond acceptors (Lipinski definition) is 3. The van der Waals surface area contributed by atoms with Gasteiger partial charge in [-0.2, -0.15) is 0 Å². The molecule has 0 radical (unpaired) electrons. The number of rotatable bonds is 4. The first-order valence-electron chi connectivity index (χ1n) is 10.0. The summed E-state index contributed by atoms with van der Waals surface area (Å²) >= 11 is 0. The third-order valence-corrected chi connectivity index (χ3v) is 5.55. The first kappa shape index (κ1) is 18.9. The van der Waals surface area contributed by atoms with Crippen LogP contribution in [0.2, 0.25) is 0 Å². The van der Waals surface area contributed by atoms with Gasteiger partial charge in [-0.15, -0.1) is 0 Å². The molecule has 0 unspecified atom stereocenters. The largest absolute Gasteiger partial charge is 0.339 e. The topological polar surface area (TPSA) is 52.7 Å². The molecule has 0 atom stereocenters. The summed E-state index contributed by atoms with van der Waals surface area (Å²) in [5, 5.41) is 2.96. The molecular weight excluding hydrogens is 326 g/mol. The van der Waals surface area contributed by atoms with E-state index in [0.29, 0.717) is 18.0 Å². The van der Waals surface area contributed by atoms with Gasteiger partial charge < -0.3 is 10.2 Å². The molecule has 2 heterocycles. The predicted octanol–water partition coefficient (Wildman–Crippen LogP) is 3.37. The highest BCUT2D eigenvalue weighted by atomic mass is 16.2. The van der Waals surface area contributed by atoms with Crippen molar-refractivity contribution in [3.05, 3.63) is 29.8 Å². The number of amides is 2.